The summed E-state index contributed by atoms with van der Waals surface area (Å²) < 4.78 is 15.5. The second-order valence-corrected chi connectivity index (χ2v) is 6.77. The fourth-order valence-electron chi connectivity index (χ4n) is 1.74. The Morgan fingerprint density at radius 3 is 2.26 bits per heavy atom. The molecule has 0 saturated carbocycles. The highest BCUT2D eigenvalue weighted by molar-refractivity contribution is 6.32. The molecule has 2 atom stereocenters. The third kappa shape index (κ3) is 7.74. The average molecular weight is 402 g/mol. The summed E-state index contributed by atoms with van der Waals surface area (Å²) in [4.78, 5) is 35.0. The Bertz CT molecular complexity index is 663. The van der Waals surface area contributed by atoms with Gasteiger partial charge in [0, 0.05) is 5.92 Å². The lowest BCUT2D eigenvalue weighted by molar-refractivity contribution is -0.178. The van der Waals surface area contributed by atoms with E-state index in [1.54, 1.807) is 45.9 Å². The molecule has 1 aromatic carbocycles. The number of amides is 1. The van der Waals surface area contributed by atoms with Crippen molar-refractivity contribution in [3.05, 3.63) is 29.3 Å². The Kier molecular flexibility index (Phi) is 8.87. The van der Waals surface area contributed by atoms with Crippen LogP contribution >= 0.6 is 11.6 Å². The molecular formula is C18H24ClNO7. The smallest absolute Gasteiger partial charge is 0.410 e. The number of esters is 1. The van der Waals surface area contributed by atoms with Crippen LogP contribution in [0.4, 0.5) is 4.79 Å². The van der Waals surface area contributed by atoms with Crippen LogP contribution in [0, 0.1) is 11.8 Å². The number of aliphatic carboxylic acids is 1. The van der Waals surface area contributed by atoms with Crippen LogP contribution in [0.25, 0.3) is 0 Å². The van der Waals surface area contributed by atoms with Crippen molar-refractivity contribution in [1.29, 1.82) is 0 Å². The van der Waals surface area contributed by atoms with Crippen molar-refractivity contribution in [2.75, 3.05) is 6.54 Å². The number of para-hydroxylation sites is 1. The largest absolute Gasteiger partial charge is 0.478 e. The Hall–Kier alpha value is -2.48. The lowest BCUT2D eigenvalue weighted by Gasteiger charge is -2.23. The van der Waals surface area contributed by atoms with E-state index < -0.39 is 30.4 Å². The van der Waals surface area contributed by atoms with Crippen molar-refractivity contribution >= 4 is 29.6 Å². The molecule has 1 aromatic rings. The van der Waals surface area contributed by atoms with Crippen LogP contribution in [0.3, 0.4) is 0 Å². The first-order chi connectivity index (χ1) is 12.6. The van der Waals surface area contributed by atoms with Crippen LogP contribution in [-0.2, 0) is 19.1 Å². The Balaban J connectivity index is 2.64. The lowest BCUT2D eigenvalue weighted by atomic mass is 10.2. The number of ether oxygens (including phenoxy) is 3. The molecule has 0 aliphatic carbocycles. The molecular weight excluding hydrogens is 378 g/mol. The summed E-state index contributed by atoms with van der Waals surface area (Å²) in [6.45, 7) is 6.37. The summed E-state index contributed by atoms with van der Waals surface area (Å²) in [7, 11) is 0. The zero-order valence-electron chi connectivity index (χ0n) is 15.6. The van der Waals surface area contributed by atoms with E-state index in [1.807, 2.05) is 0 Å². The van der Waals surface area contributed by atoms with Crippen molar-refractivity contribution in [2.45, 2.75) is 40.1 Å². The minimum absolute atomic E-state index is 0.174. The van der Waals surface area contributed by atoms with E-state index in [2.05, 4.69) is 5.32 Å². The van der Waals surface area contributed by atoms with Gasteiger partial charge in [-0.05, 0) is 12.1 Å². The number of carbonyl (C=O) groups excluding carboxylic acids is 2. The first-order valence-electron chi connectivity index (χ1n) is 8.40. The van der Waals surface area contributed by atoms with Crippen molar-refractivity contribution in [1.82, 2.24) is 5.32 Å². The van der Waals surface area contributed by atoms with Crippen LogP contribution in [0.1, 0.15) is 27.7 Å². The number of carboxylic acids is 1. The molecule has 0 radical (unpaired) electrons. The van der Waals surface area contributed by atoms with Gasteiger partial charge in [-0.15, -0.1) is 0 Å². The van der Waals surface area contributed by atoms with E-state index in [0.29, 0.717) is 0 Å². The van der Waals surface area contributed by atoms with Gasteiger partial charge in [-0.1, -0.05) is 51.4 Å². The van der Waals surface area contributed by atoms with Crippen molar-refractivity contribution in [3.8, 4) is 5.75 Å². The summed E-state index contributed by atoms with van der Waals surface area (Å²) in [5, 5.41) is 11.8. The topological polar surface area (TPSA) is 111 Å². The van der Waals surface area contributed by atoms with Gasteiger partial charge in [0.25, 0.3) is 6.29 Å². The van der Waals surface area contributed by atoms with E-state index >= 15 is 0 Å². The first kappa shape index (κ1) is 22.6. The minimum atomic E-state index is -1.38. The number of nitrogens with one attached hydrogen (secondary N) is 1. The second-order valence-electron chi connectivity index (χ2n) is 6.37. The molecule has 0 aromatic heterocycles. The third-order valence-corrected chi connectivity index (χ3v) is 3.60. The molecule has 0 saturated heterocycles. The highest BCUT2D eigenvalue weighted by Crippen LogP contribution is 2.24. The highest BCUT2D eigenvalue weighted by Gasteiger charge is 2.26. The molecule has 0 spiro atoms. The molecule has 0 heterocycles. The SMILES string of the molecule is CC(C)C(=O)O[C@H](OC(=O)NC[C@H](Oc1ccccc1Cl)C(=O)O)C(C)C. The second kappa shape index (κ2) is 10.6. The van der Waals surface area contributed by atoms with Gasteiger partial charge >= 0.3 is 18.0 Å². The van der Waals surface area contributed by atoms with Gasteiger partial charge in [0.05, 0.1) is 17.5 Å². The van der Waals surface area contributed by atoms with E-state index in [4.69, 9.17) is 25.8 Å². The van der Waals surface area contributed by atoms with E-state index in [-0.39, 0.29) is 29.2 Å². The van der Waals surface area contributed by atoms with Crippen LogP contribution < -0.4 is 10.1 Å². The molecule has 8 nitrogen and oxygen atoms in total. The van der Waals surface area contributed by atoms with Gasteiger partial charge in [-0.25, -0.2) is 9.59 Å². The number of halogens is 1. The summed E-state index contributed by atoms with van der Waals surface area (Å²) in [6, 6.07) is 6.37. The van der Waals surface area contributed by atoms with Gasteiger partial charge in [0.1, 0.15) is 5.75 Å². The normalized spacial score (nSPS) is 13.0. The number of carbonyl (C=O) groups is 3. The zero-order valence-corrected chi connectivity index (χ0v) is 16.4. The predicted octanol–water partition coefficient (Wildman–Crippen LogP) is 3.08. The van der Waals surface area contributed by atoms with Crippen LogP contribution in [-0.4, -0.2) is 42.1 Å². The molecule has 1 amide bonds. The summed E-state index contributed by atoms with van der Waals surface area (Å²) in [5.41, 5.74) is 0. The molecule has 150 valence electrons. The summed E-state index contributed by atoms with van der Waals surface area (Å²) in [5.74, 6) is -2.28. The molecule has 27 heavy (non-hydrogen) atoms. The molecule has 9 heteroatoms. The molecule has 0 bridgehead atoms. The fraction of sp³-hybridized carbons (Fsp3) is 0.500. The summed E-state index contributed by atoms with van der Waals surface area (Å²) in [6.07, 6.45) is -3.40. The standard InChI is InChI=1S/C18H24ClNO7/c1-10(2)16(23)26-17(11(3)4)27-18(24)20-9-14(15(21)22)25-13-8-6-5-7-12(13)19/h5-8,10-11,14,17H,9H2,1-4H3,(H,20,24)(H,21,22)/t14-,17+/m0/s1. The number of carboxylic acid groups (broad SMARTS) is 1. The summed E-state index contributed by atoms with van der Waals surface area (Å²) >= 11 is 5.93. The van der Waals surface area contributed by atoms with Gasteiger partial charge in [0.2, 0.25) is 6.10 Å². The van der Waals surface area contributed by atoms with Gasteiger partial charge in [-0.2, -0.15) is 0 Å². The van der Waals surface area contributed by atoms with Gasteiger partial charge in [-0.3, -0.25) is 4.79 Å². The monoisotopic (exact) mass is 401 g/mol. The first-order valence-corrected chi connectivity index (χ1v) is 8.78. The van der Waals surface area contributed by atoms with Crippen molar-refractivity contribution in [2.24, 2.45) is 11.8 Å². The third-order valence-electron chi connectivity index (χ3n) is 3.28. The number of hydrogen-bond donors (Lipinski definition) is 2. The highest BCUT2D eigenvalue weighted by atomic mass is 35.5. The fourth-order valence-corrected chi connectivity index (χ4v) is 1.92. The van der Waals surface area contributed by atoms with Crippen molar-refractivity contribution < 1.29 is 33.7 Å². The molecule has 0 unspecified atom stereocenters. The Morgan fingerprint density at radius 1 is 1.11 bits per heavy atom. The van der Waals surface area contributed by atoms with Crippen LogP contribution in [0.15, 0.2) is 24.3 Å². The average Bonchev–Trinajstić information content (AvgIpc) is 2.58. The number of rotatable bonds is 9. The zero-order chi connectivity index (χ0) is 20.6. The Labute approximate surface area is 162 Å². The molecule has 0 aliphatic rings. The maximum absolute atomic E-state index is 12.0. The number of hydrogen-bond acceptors (Lipinski definition) is 6. The minimum Gasteiger partial charge on any atom is -0.478 e. The van der Waals surface area contributed by atoms with Crippen LogP contribution in [0.2, 0.25) is 5.02 Å². The number of alkyl carbamates (subject to hydrolysis) is 1. The van der Waals surface area contributed by atoms with Gasteiger partial charge in [0.15, 0.2) is 0 Å². The molecule has 0 aliphatic heterocycles. The van der Waals surface area contributed by atoms with Gasteiger partial charge < -0.3 is 24.6 Å². The van der Waals surface area contributed by atoms with Crippen LogP contribution in [0.5, 0.6) is 5.75 Å². The molecule has 1 rings (SSSR count). The molecule has 2 N–H and O–H groups in total. The quantitative estimate of drug-likeness (QED) is 0.483. The van der Waals surface area contributed by atoms with E-state index in [1.165, 1.54) is 6.07 Å². The maximum Gasteiger partial charge on any atom is 0.410 e. The number of benzene rings is 1. The van der Waals surface area contributed by atoms with E-state index in [0.717, 1.165) is 0 Å². The Morgan fingerprint density at radius 2 is 1.74 bits per heavy atom. The molecule has 0 fully saturated rings. The lowest BCUT2D eigenvalue weighted by Crippen LogP contribution is -2.42. The van der Waals surface area contributed by atoms with Crippen molar-refractivity contribution in [3.63, 3.8) is 0 Å². The predicted molar refractivity (Wildman–Crippen MR) is 97.5 cm³/mol. The van der Waals surface area contributed by atoms with E-state index in [9.17, 15) is 19.5 Å². The maximum atomic E-state index is 12.0.